The molecule has 0 aromatic carbocycles. The van der Waals surface area contributed by atoms with Crippen molar-refractivity contribution in [3.05, 3.63) is 59.1 Å². The Kier molecular flexibility index (Phi) is 4.13. The zero-order valence-corrected chi connectivity index (χ0v) is 15.3. The molecule has 0 bridgehead atoms. The molecule has 1 amide bonds. The Hall–Kier alpha value is -2.97. The first-order valence-corrected chi connectivity index (χ1v) is 8.87. The van der Waals surface area contributed by atoms with Crippen LogP contribution in [0.3, 0.4) is 0 Å². The van der Waals surface area contributed by atoms with Crippen molar-refractivity contribution in [1.29, 1.82) is 0 Å². The lowest BCUT2D eigenvalue weighted by atomic mass is 9.80. The standard InChI is InChI=1S/C19H18F3N5O/c1-11-8-15(19(20,21)22)25-16-12(5-7-27(11)16)17(28)26-18(2)6-3-4-14-13(18)9-23-10-24-14/h5,7-10H,3-4,6H2,1-2H3,(H,26,28). The van der Waals surface area contributed by atoms with Gasteiger partial charge in [0.25, 0.3) is 5.91 Å². The highest BCUT2D eigenvalue weighted by Gasteiger charge is 2.36. The second-order valence-electron chi connectivity index (χ2n) is 7.23. The molecule has 1 unspecified atom stereocenters. The second-order valence-corrected chi connectivity index (χ2v) is 7.23. The number of nitrogens with one attached hydrogen (secondary N) is 1. The number of rotatable bonds is 2. The number of aromatic nitrogens is 4. The number of fused-ring (bicyclic) bond motifs is 2. The Balaban J connectivity index is 1.74. The molecule has 1 N–H and O–H groups in total. The molecule has 1 aliphatic rings. The van der Waals surface area contributed by atoms with Crippen molar-refractivity contribution in [2.45, 2.75) is 44.8 Å². The summed E-state index contributed by atoms with van der Waals surface area (Å²) in [7, 11) is 0. The van der Waals surface area contributed by atoms with Crippen LogP contribution in [0.15, 0.2) is 30.9 Å². The maximum Gasteiger partial charge on any atom is 0.433 e. The molecular weight excluding hydrogens is 371 g/mol. The average molecular weight is 389 g/mol. The van der Waals surface area contributed by atoms with Crippen molar-refractivity contribution in [2.75, 3.05) is 0 Å². The zero-order valence-electron chi connectivity index (χ0n) is 15.3. The average Bonchev–Trinajstić information content (AvgIpc) is 3.06. The molecule has 0 spiro atoms. The Morgan fingerprint density at radius 1 is 1.36 bits per heavy atom. The van der Waals surface area contributed by atoms with Gasteiger partial charge in [-0.2, -0.15) is 13.2 Å². The molecule has 1 atom stereocenters. The molecule has 0 radical (unpaired) electrons. The number of aryl methyl sites for hydroxylation is 2. The van der Waals surface area contributed by atoms with Gasteiger partial charge in [-0.3, -0.25) is 4.79 Å². The number of alkyl halides is 3. The number of carbonyl (C=O) groups excluding carboxylic acids is 1. The van der Waals surface area contributed by atoms with Crippen LogP contribution in [-0.2, 0) is 18.1 Å². The molecule has 0 fully saturated rings. The fourth-order valence-corrected chi connectivity index (χ4v) is 3.77. The first kappa shape index (κ1) is 18.4. The maximum absolute atomic E-state index is 13.1. The summed E-state index contributed by atoms with van der Waals surface area (Å²) >= 11 is 0. The Morgan fingerprint density at radius 2 is 2.14 bits per heavy atom. The molecule has 146 valence electrons. The highest BCUT2D eigenvalue weighted by Crippen LogP contribution is 2.34. The zero-order chi connectivity index (χ0) is 20.1. The number of nitrogens with zero attached hydrogens (tertiary/aromatic N) is 4. The van der Waals surface area contributed by atoms with E-state index in [9.17, 15) is 18.0 Å². The lowest BCUT2D eigenvalue weighted by Crippen LogP contribution is -2.46. The lowest BCUT2D eigenvalue weighted by Gasteiger charge is -2.35. The third-order valence-electron chi connectivity index (χ3n) is 5.22. The van der Waals surface area contributed by atoms with E-state index in [1.807, 2.05) is 6.92 Å². The van der Waals surface area contributed by atoms with Crippen LogP contribution in [0.25, 0.3) is 5.65 Å². The molecule has 4 rings (SSSR count). The molecule has 9 heteroatoms. The van der Waals surface area contributed by atoms with Crippen molar-refractivity contribution in [1.82, 2.24) is 24.7 Å². The van der Waals surface area contributed by atoms with Crippen molar-refractivity contribution in [2.24, 2.45) is 0 Å². The highest BCUT2D eigenvalue weighted by molar-refractivity contribution is 6.00. The fourth-order valence-electron chi connectivity index (χ4n) is 3.77. The molecule has 0 saturated heterocycles. The summed E-state index contributed by atoms with van der Waals surface area (Å²) in [5.41, 5.74) is 0.411. The van der Waals surface area contributed by atoms with E-state index in [0.29, 0.717) is 12.1 Å². The summed E-state index contributed by atoms with van der Waals surface area (Å²) in [4.78, 5) is 25.0. The topological polar surface area (TPSA) is 72.2 Å². The van der Waals surface area contributed by atoms with Gasteiger partial charge in [0, 0.05) is 29.3 Å². The molecule has 3 aromatic heterocycles. The van der Waals surface area contributed by atoms with Crippen LogP contribution in [-0.4, -0.2) is 25.3 Å². The minimum atomic E-state index is -4.59. The third-order valence-corrected chi connectivity index (χ3v) is 5.22. The van der Waals surface area contributed by atoms with Crippen LogP contribution in [0, 0.1) is 6.92 Å². The normalized spacial score (nSPS) is 19.5. The Bertz CT molecular complexity index is 1080. The van der Waals surface area contributed by atoms with Gasteiger partial charge in [0.15, 0.2) is 0 Å². The predicted molar refractivity (Wildman–Crippen MR) is 94.7 cm³/mol. The molecule has 0 saturated carbocycles. The number of halogens is 3. The van der Waals surface area contributed by atoms with E-state index in [0.717, 1.165) is 30.2 Å². The van der Waals surface area contributed by atoms with Gasteiger partial charge in [0.05, 0.1) is 11.1 Å². The van der Waals surface area contributed by atoms with E-state index in [1.54, 1.807) is 19.3 Å². The predicted octanol–water partition coefficient (Wildman–Crippen LogP) is 3.43. The van der Waals surface area contributed by atoms with E-state index in [4.69, 9.17) is 0 Å². The molecule has 1 aliphatic carbocycles. The first-order chi connectivity index (χ1) is 13.2. The summed E-state index contributed by atoms with van der Waals surface area (Å²) in [6.45, 7) is 3.42. The second kappa shape index (κ2) is 6.29. The summed E-state index contributed by atoms with van der Waals surface area (Å²) < 4.78 is 40.9. The summed E-state index contributed by atoms with van der Waals surface area (Å²) in [6, 6.07) is 2.45. The van der Waals surface area contributed by atoms with Gasteiger partial charge in [-0.15, -0.1) is 0 Å². The monoisotopic (exact) mass is 389 g/mol. The molecule has 0 aliphatic heterocycles. The van der Waals surface area contributed by atoms with E-state index in [2.05, 4.69) is 20.3 Å². The van der Waals surface area contributed by atoms with E-state index in [-0.39, 0.29) is 11.2 Å². The van der Waals surface area contributed by atoms with E-state index < -0.39 is 23.3 Å². The number of carbonyl (C=O) groups is 1. The number of amides is 1. The molecular formula is C19H18F3N5O. The molecule has 28 heavy (non-hydrogen) atoms. The van der Waals surface area contributed by atoms with Gasteiger partial charge in [-0.25, -0.2) is 15.0 Å². The Morgan fingerprint density at radius 3 is 2.89 bits per heavy atom. The van der Waals surface area contributed by atoms with Crippen molar-refractivity contribution in [3.63, 3.8) is 0 Å². The first-order valence-electron chi connectivity index (χ1n) is 8.87. The van der Waals surface area contributed by atoms with Crippen LogP contribution >= 0.6 is 0 Å². The minimum Gasteiger partial charge on any atom is -0.343 e. The van der Waals surface area contributed by atoms with E-state index in [1.165, 1.54) is 16.8 Å². The van der Waals surface area contributed by atoms with Gasteiger partial charge in [-0.1, -0.05) is 0 Å². The highest BCUT2D eigenvalue weighted by atomic mass is 19.4. The molecule has 3 aromatic rings. The van der Waals surface area contributed by atoms with Crippen LogP contribution < -0.4 is 5.32 Å². The SMILES string of the molecule is Cc1cc(C(F)(F)F)nc2c(C(=O)NC3(C)CCCc4ncncc43)ccn12. The minimum absolute atomic E-state index is 0.0197. The van der Waals surface area contributed by atoms with Crippen LogP contribution in [0.4, 0.5) is 13.2 Å². The fraction of sp³-hybridized carbons (Fsp3) is 0.368. The van der Waals surface area contributed by atoms with Crippen molar-refractivity contribution < 1.29 is 18.0 Å². The summed E-state index contributed by atoms with van der Waals surface area (Å²) in [6.07, 6.45) is 2.44. The molecule has 3 heterocycles. The third kappa shape index (κ3) is 3.00. The lowest BCUT2D eigenvalue weighted by molar-refractivity contribution is -0.141. The number of hydrogen-bond acceptors (Lipinski definition) is 4. The summed E-state index contributed by atoms with van der Waals surface area (Å²) in [5.74, 6) is -0.479. The quantitative estimate of drug-likeness (QED) is 0.729. The van der Waals surface area contributed by atoms with Gasteiger partial charge in [0.1, 0.15) is 17.7 Å². The van der Waals surface area contributed by atoms with Crippen molar-refractivity contribution in [3.8, 4) is 0 Å². The van der Waals surface area contributed by atoms with Crippen LogP contribution in [0.5, 0.6) is 0 Å². The van der Waals surface area contributed by atoms with Crippen LogP contribution in [0.2, 0.25) is 0 Å². The summed E-state index contributed by atoms with van der Waals surface area (Å²) in [5, 5.41) is 2.97. The van der Waals surface area contributed by atoms with Gasteiger partial charge in [-0.05, 0) is 45.2 Å². The van der Waals surface area contributed by atoms with Crippen LogP contribution in [0.1, 0.15) is 52.8 Å². The Labute approximate surface area is 158 Å². The van der Waals surface area contributed by atoms with Gasteiger partial charge >= 0.3 is 6.18 Å². The van der Waals surface area contributed by atoms with Gasteiger partial charge < -0.3 is 9.72 Å². The van der Waals surface area contributed by atoms with Crippen molar-refractivity contribution >= 4 is 11.6 Å². The largest absolute Gasteiger partial charge is 0.433 e. The van der Waals surface area contributed by atoms with Gasteiger partial charge in [0.2, 0.25) is 0 Å². The molecule has 6 nitrogen and oxygen atoms in total. The smallest absolute Gasteiger partial charge is 0.343 e. The van der Waals surface area contributed by atoms with E-state index >= 15 is 0 Å². The number of hydrogen-bond donors (Lipinski definition) is 1. The maximum atomic E-state index is 13.1.